The van der Waals surface area contributed by atoms with E-state index in [-0.39, 0.29) is 11.8 Å². The predicted molar refractivity (Wildman–Crippen MR) is 86.0 cm³/mol. The minimum Gasteiger partial charge on any atom is -0.481 e. The lowest BCUT2D eigenvalue weighted by molar-refractivity contribution is -0.145. The quantitative estimate of drug-likeness (QED) is 0.865. The molecule has 0 radical (unpaired) electrons. The average Bonchev–Trinajstić information content (AvgIpc) is 3.33. The number of anilines is 1. The maximum Gasteiger partial charge on any atom is 0.307 e. The molecule has 1 saturated heterocycles. The highest BCUT2D eigenvalue weighted by Crippen LogP contribution is 2.32. The first-order valence-electron chi connectivity index (χ1n) is 8.20. The van der Waals surface area contributed by atoms with Crippen LogP contribution < -0.4 is 5.32 Å². The first kappa shape index (κ1) is 15.9. The molecule has 2 atom stereocenters. The first-order valence-corrected chi connectivity index (χ1v) is 8.20. The predicted octanol–water partition coefficient (Wildman–Crippen LogP) is 1.76. The number of aryl methyl sites for hydroxylation is 1. The van der Waals surface area contributed by atoms with Crippen LogP contribution in [-0.2, 0) is 9.59 Å². The Balaban J connectivity index is 1.64. The number of carbonyl (C=O) groups excluding carboxylic acids is 1. The third kappa shape index (κ3) is 4.28. The minimum absolute atomic E-state index is 0.109. The molecule has 2 N–H and O–H groups in total. The van der Waals surface area contributed by atoms with Gasteiger partial charge >= 0.3 is 5.97 Å². The van der Waals surface area contributed by atoms with E-state index in [0.717, 1.165) is 12.2 Å². The molecule has 0 aromatic carbocycles. The normalized spacial score (nSPS) is 25.1. The maximum atomic E-state index is 12.5. The molecule has 6 heteroatoms. The molecule has 2 heterocycles. The minimum atomic E-state index is -0.805. The monoisotopic (exact) mass is 317 g/mol. The van der Waals surface area contributed by atoms with Gasteiger partial charge in [0.25, 0.3) is 0 Å². The zero-order chi connectivity index (χ0) is 16.4. The number of rotatable bonds is 5. The fourth-order valence-electron chi connectivity index (χ4n) is 3.16. The molecule has 2 fully saturated rings. The molecule has 23 heavy (non-hydrogen) atoms. The Kier molecular flexibility index (Phi) is 4.61. The van der Waals surface area contributed by atoms with Crippen molar-refractivity contribution in [3.05, 3.63) is 24.0 Å². The van der Waals surface area contributed by atoms with Crippen molar-refractivity contribution < 1.29 is 14.7 Å². The van der Waals surface area contributed by atoms with Crippen LogP contribution in [0.25, 0.3) is 0 Å². The Hall–Kier alpha value is -1.95. The van der Waals surface area contributed by atoms with Crippen molar-refractivity contribution in [3.63, 3.8) is 0 Å². The summed E-state index contributed by atoms with van der Waals surface area (Å²) in [6, 6.07) is 3.66. The van der Waals surface area contributed by atoms with Crippen LogP contribution in [0.15, 0.2) is 18.3 Å². The molecule has 1 aliphatic carbocycles. The van der Waals surface area contributed by atoms with Crippen molar-refractivity contribution in [3.8, 4) is 0 Å². The molecule has 1 saturated carbocycles. The Morgan fingerprint density at radius 2 is 2.04 bits per heavy atom. The van der Waals surface area contributed by atoms with Crippen molar-refractivity contribution in [1.82, 2.24) is 9.88 Å². The van der Waals surface area contributed by atoms with Gasteiger partial charge in [0, 0.05) is 25.3 Å². The summed E-state index contributed by atoms with van der Waals surface area (Å²) in [5, 5.41) is 12.2. The van der Waals surface area contributed by atoms with Gasteiger partial charge < -0.3 is 15.3 Å². The standard InChI is InChI=1S/C17H23N3O3/c1-11-2-5-15(7-18-11)19-16(21)13-6-14(17(22)23)10-20(9-13)8-12-3-4-12/h2,5,7,12-14H,3-4,6,8-10H2,1H3,(H,19,21)(H,22,23)/t13-,14-/m1/s1. The summed E-state index contributed by atoms with van der Waals surface area (Å²) in [7, 11) is 0. The Labute approximate surface area is 135 Å². The summed E-state index contributed by atoms with van der Waals surface area (Å²) in [5.74, 6) is -0.977. The summed E-state index contributed by atoms with van der Waals surface area (Å²) >= 11 is 0. The van der Waals surface area contributed by atoms with Gasteiger partial charge in [-0.3, -0.25) is 14.6 Å². The highest BCUT2D eigenvalue weighted by Gasteiger charge is 2.37. The smallest absolute Gasteiger partial charge is 0.307 e. The van der Waals surface area contributed by atoms with Crippen LogP contribution in [0.2, 0.25) is 0 Å². The zero-order valence-electron chi connectivity index (χ0n) is 13.4. The van der Waals surface area contributed by atoms with E-state index in [1.165, 1.54) is 12.8 Å². The number of likely N-dealkylation sites (tertiary alicyclic amines) is 1. The fourth-order valence-corrected chi connectivity index (χ4v) is 3.16. The second-order valence-electron chi connectivity index (χ2n) is 6.81. The second kappa shape index (κ2) is 6.66. The van der Waals surface area contributed by atoms with Gasteiger partial charge in [0.15, 0.2) is 0 Å². The summed E-state index contributed by atoms with van der Waals surface area (Å²) in [4.78, 5) is 30.2. The van der Waals surface area contributed by atoms with Gasteiger partial charge in [-0.25, -0.2) is 0 Å². The maximum absolute atomic E-state index is 12.5. The average molecular weight is 317 g/mol. The Morgan fingerprint density at radius 3 is 2.65 bits per heavy atom. The van der Waals surface area contributed by atoms with Crippen molar-refractivity contribution >= 4 is 17.6 Å². The van der Waals surface area contributed by atoms with Crippen molar-refractivity contribution in [1.29, 1.82) is 0 Å². The van der Waals surface area contributed by atoms with Crippen LogP contribution in [0, 0.1) is 24.7 Å². The number of piperidine rings is 1. The Bertz CT molecular complexity index is 583. The molecule has 124 valence electrons. The lowest BCUT2D eigenvalue weighted by Gasteiger charge is -2.35. The van der Waals surface area contributed by atoms with E-state index >= 15 is 0 Å². The van der Waals surface area contributed by atoms with E-state index in [1.807, 2.05) is 19.1 Å². The SMILES string of the molecule is Cc1ccc(NC(=O)[C@@H]2C[C@@H](C(=O)O)CN(CC3CC3)C2)cn1. The van der Waals surface area contributed by atoms with Crippen LogP contribution >= 0.6 is 0 Å². The number of carboxylic acid groups (broad SMARTS) is 1. The molecule has 2 aliphatic rings. The zero-order valence-corrected chi connectivity index (χ0v) is 13.4. The van der Waals surface area contributed by atoms with E-state index in [4.69, 9.17) is 0 Å². The number of carbonyl (C=O) groups is 2. The summed E-state index contributed by atoms with van der Waals surface area (Å²) in [6.45, 7) is 4.01. The lowest BCUT2D eigenvalue weighted by Crippen LogP contribution is -2.47. The fraction of sp³-hybridized carbons (Fsp3) is 0.588. The van der Waals surface area contributed by atoms with Gasteiger partial charge in [0.1, 0.15) is 0 Å². The van der Waals surface area contributed by atoms with Crippen LogP contribution in [0.1, 0.15) is 25.0 Å². The molecule has 0 unspecified atom stereocenters. The number of hydrogen-bond acceptors (Lipinski definition) is 4. The molecule has 1 aliphatic heterocycles. The highest BCUT2D eigenvalue weighted by atomic mass is 16.4. The number of carboxylic acids is 1. The molecule has 0 spiro atoms. The molecule has 6 nitrogen and oxygen atoms in total. The molecular weight excluding hydrogens is 294 g/mol. The van der Waals surface area contributed by atoms with E-state index in [1.54, 1.807) is 6.20 Å². The van der Waals surface area contributed by atoms with Crippen LogP contribution in [0.5, 0.6) is 0 Å². The van der Waals surface area contributed by atoms with Gasteiger partial charge in [-0.2, -0.15) is 0 Å². The highest BCUT2D eigenvalue weighted by molar-refractivity contribution is 5.93. The van der Waals surface area contributed by atoms with Crippen molar-refractivity contribution in [2.75, 3.05) is 25.0 Å². The number of nitrogens with zero attached hydrogens (tertiary/aromatic N) is 2. The lowest BCUT2D eigenvalue weighted by atomic mass is 9.88. The summed E-state index contributed by atoms with van der Waals surface area (Å²) in [6.07, 6.45) is 4.48. The summed E-state index contributed by atoms with van der Waals surface area (Å²) < 4.78 is 0. The number of aliphatic carboxylic acids is 1. The molecular formula is C17H23N3O3. The van der Waals surface area contributed by atoms with Gasteiger partial charge in [-0.05, 0) is 44.2 Å². The van der Waals surface area contributed by atoms with Crippen LogP contribution in [-0.4, -0.2) is 46.5 Å². The number of pyridine rings is 1. The molecule has 3 rings (SSSR count). The molecule has 0 bridgehead atoms. The van der Waals surface area contributed by atoms with Gasteiger partial charge in [-0.1, -0.05) is 0 Å². The van der Waals surface area contributed by atoms with Crippen LogP contribution in [0.3, 0.4) is 0 Å². The third-order valence-electron chi connectivity index (χ3n) is 4.64. The Morgan fingerprint density at radius 1 is 1.30 bits per heavy atom. The number of nitrogens with one attached hydrogen (secondary N) is 1. The first-order chi connectivity index (χ1) is 11.0. The van der Waals surface area contributed by atoms with Crippen molar-refractivity contribution in [2.24, 2.45) is 17.8 Å². The van der Waals surface area contributed by atoms with Crippen molar-refractivity contribution in [2.45, 2.75) is 26.2 Å². The molecule has 1 amide bonds. The summed E-state index contributed by atoms with van der Waals surface area (Å²) in [5.41, 5.74) is 1.55. The van der Waals surface area contributed by atoms with Gasteiger partial charge in [-0.15, -0.1) is 0 Å². The van der Waals surface area contributed by atoms with Gasteiger partial charge in [0.05, 0.1) is 23.7 Å². The van der Waals surface area contributed by atoms with E-state index in [2.05, 4.69) is 15.2 Å². The number of aromatic nitrogens is 1. The second-order valence-corrected chi connectivity index (χ2v) is 6.81. The van der Waals surface area contributed by atoms with Gasteiger partial charge in [0.2, 0.25) is 5.91 Å². The third-order valence-corrected chi connectivity index (χ3v) is 4.64. The topological polar surface area (TPSA) is 82.5 Å². The van der Waals surface area contributed by atoms with Crippen LogP contribution in [0.4, 0.5) is 5.69 Å². The van der Waals surface area contributed by atoms with E-state index < -0.39 is 11.9 Å². The number of amides is 1. The van der Waals surface area contributed by atoms with E-state index in [9.17, 15) is 14.7 Å². The number of hydrogen-bond donors (Lipinski definition) is 2. The molecule has 1 aromatic heterocycles. The largest absolute Gasteiger partial charge is 0.481 e. The molecule has 1 aromatic rings. The van der Waals surface area contributed by atoms with E-state index in [0.29, 0.717) is 31.1 Å².